The summed E-state index contributed by atoms with van der Waals surface area (Å²) < 4.78 is 37.9. The summed E-state index contributed by atoms with van der Waals surface area (Å²) in [6.45, 7) is 3.37. The third kappa shape index (κ3) is 1.96. The summed E-state index contributed by atoms with van der Waals surface area (Å²) in [4.78, 5) is 0. The van der Waals surface area contributed by atoms with Gasteiger partial charge in [-0.25, -0.2) is 13.2 Å². The average molecular weight is 201 g/mol. The Hall–Kier alpha value is -1.29. The second-order valence-corrected chi connectivity index (χ2v) is 2.81. The van der Waals surface area contributed by atoms with Gasteiger partial charge in [-0.15, -0.1) is 6.58 Å². The molecule has 0 aliphatic carbocycles. The van der Waals surface area contributed by atoms with Crippen molar-refractivity contribution in [2.24, 2.45) is 5.73 Å². The Morgan fingerprint density at radius 2 is 1.86 bits per heavy atom. The van der Waals surface area contributed by atoms with E-state index in [4.69, 9.17) is 5.73 Å². The number of hydrogen-bond donors (Lipinski definition) is 1. The number of hydrogen-bond acceptors (Lipinski definition) is 1. The van der Waals surface area contributed by atoms with E-state index in [1.165, 1.54) is 18.2 Å². The van der Waals surface area contributed by atoms with Crippen molar-refractivity contribution in [2.45, 2.75) is 12.5 Å². The summed E-state index contributed by atoms with van der Waals surface area (Å²) in [5.41, 5.74) is 4.88. The van der Waals surface area contributed by atoms with Crippen LogP contribution in [0.1, 0.15) is 23.6 Å². The van der Waals surface area contributed by atoms with Gasteiger partial charge in [-0.3, -0.25) is 0 Å². The van der Waals surface area contributed by atoms with Gasteiger partial charge >= 0.3 is 0 Å². The predicted octanol–water partition coefficient (Wildman–Crippen LogP) is 2.95. The van der Waals surface area contributed by atoms with Crippen molar-refractivity contribution in [2.75, 3.05) is 0 Å². The van der Waals surface area contributed by atoms with Crippen molar-refractivity contribution < 1.29 is 13.2 Å². The summed E-state index contributed by atoms with van der Waals surface area (Å²) in [5.74, 6) is -0.949. The molecule has 0 saturated heterocycles. The van der Waals surface area contributed by atoms with Gasteiger partial charge in [0.15, 0.2) is 0 Å². The van der Waals surface area contributed by atoms with Crippen molar-refractivity contribution in [3.05, 3.63) is 47.8 Å². The first-order valence-electron chi connectivity index (χ1n) is 4.02. The van der Waals surface area contributed by atoms with Crippen LogP contribution in [0.2, 0.25) is 0 Å². The molecule has 0 unspecified atom stereocenters. The SMILES string of the molecule is C=C[C@@H](N)c1cccc(C(F)F)c1F. The second-order valence-electron chi connectivity index (χ2n) is 2.81. The van der Waals surface area contributed by atoms with E-state index in [2.05, 4.69) is 6.58 Å². The number of nitrogens with two attached hydrogens (primary N) is 1. The normalized spacial score (nSPS) is 12.9. The Kier molecular flexibility index (Phi) is 3.30. The van der Waals surface area contributed by atoms with E-state index in [0.29, 0.717) is 0 Å². The molecule has 0 fully saturated rings. The molecule has 0 amide bonds. The Bertz CT molecular complexity index is 336. The summed E-state index contributed by atoms with van der Waals surface area (Å²) >= 11 is 0. The number of rotatable bonds is 3. The lowest BCUT2D eigenvalue weighted by molar-refractivity contribution is 0.146. The minimum Gasteiger partial charge on any atom is -0.321 e. The summed E-state index contributed by atoms with van der Waals surface area (Å²) in [6.07, 6.45) is -1.53. The highest BCUT2D eigenvalue weighted by atomic mass is 19.3. The molecular weight excluding hydrogens is 191 g/mol. The molecule has 4 heteroatoms. The minimum absolute atomic E-state index is 0.0396. The summed E-state index contributed by atoms with van der Waals surface area (Å²) in [7, 11) is 0. The molecule has 1 aromatic rings. The Labute approximate surface area is 80.0 Å². The lowest BCUT2D eigenvalue weighted by Crippen LogP contribution is -2.10. The zero-order chi connectivity index (χ0) is 10.7. The molecule has 14 heavy (non-hydrogen) atoms. The smallest absolute Gasteiger partial charge is 0.266 e. The molecule has 0 radical (unpaired) electrons. The fourth-order valence-electron chi connectivity index (χ4n) is 1.12. The summed E-state index contributed by atoms with van der Waals surface area (Å²) in [5, 5.41) is 0. The van der Waals surface area contributed by atoms with E-state index in [1.807, 2.05) is 0 Å². The quantitative estimate of drug-likeness (QED) is 0.747. The van der Waals surface area contributed by atoms with Crippen LogP contribution in [-0.4, -0.2) is 0 Å². The Morgan fingerprint density at radius 1 is 1.29 bits per heavy atom. The van der Waals surface area contributed by atoms with Crippen molar-refractivity contribution in [1.29, 1.82) is 0 Å². The molecule has 1 aromatic carbocycles. The van der Waals surface area contributed by atoms with E-state index >= 15 is 0 Å². The molecule has 76 valence electrons. The van der Waals surface area contributed by atoms with Crippen LogP contribution in [0.4, 0.5) is 13.2 Å². The van der Waals surface area contributed by atoms with Crippen LogP contribution in [0.15, 0.2) is 30.9 Å². The van der Waals surface area contributed by atoms with Crippen LogP contribution in [0.25, 0.3) is 0 Å². The number of alkyl halides is 2. The highest BCUT2D eigenvalue weighted by molar-refractivity contribution is 5.30. The third-order valence-electron chi connectivity index (χ3n) is 1.91. The van der Waals surface area contributed by atoms with E-state index in [-0.39, 0.29) is 5.56 Å². The minimum atomic E-state index is -2.83. The number of benzene rings is 1. The van der Waals surface area contributed by atoms with Gasteiger partial charge in [0.05, 0.1) is 11.6 Å². The Morgan fingerprint density at radius 3 is 2.36 bits per heavy atom. The summed E-state index contributed by atoms with van der Waals surface area (Å²) in [6, 6.07) is 3.00. The third-order valence-corrected chi connectivity index (χ3v) is 1.91. The van der Waals surface area contributed by atoms with E-state index in [0.717, 1.165) is 6.07 Å². The van der Waals surface area contributed by atoms with Gasteiger partial charge in [0.25, 0.3) is 6.43 Å². The molecule has 1 atom stereocenters. The first-order chi connectivity index (χ1) is 6.57. The molecule has 0 aromatic heterocycles. The standard InChI is InChI=1S/C10H10F3N/c1-2-8(14)6-4-3-5-7(9(6)11)10(12)13/h2-5,8,10H,1,14H2/t8-/m1/s1. The molecular formula is C10H10F3N. The van der Waals surface area contributed by atoms with Crippen LogP contribution in [-0.2, 0) is 0 Å². The maximum absolute atomic E-state index is 13.4. The first-order valence-corrected chi connectivity index (χ1v) is 4.02. The Balaban J connectivity index is 3.20. The van der Waals surface area contributed by atoms with E-state index in [9.17, 15) is 13.2 Å². The molecule has 0 bridgehead atoms. The zero-order valence-corrected chi connectivity index (χ0v) is 7.38. The number of halogens is 3. The zero-order valence-electron chi connectivity index (χ0n) is 7.38. The van der Waals surface area contributed by atoms with Crippen LogP contribution >= 0.6 is 0 Å². The van der Waals surface area contributed by atoms with Gasteiger partial charge < -0.3 is 5.73 Å². The van der Waals surface area contributed by atoms with Crippen molar-refractivity contribution in [1.82, 2.24) is 0 Å². The van der Waals surface area contributed by atoms with E-state index in [1.54, 1.807) is 0 Å². The molecule has 1 nitrogen and oxygen atoms in total. The highest BCUT2D eigenvalue weighted by Crippen LogP contribution is 2.26. The highest BCUT2D eigenvalue weighted by Gasteiger charge is 2.17. The molecule has 0 spiro atoms. The average Bonchev–Trinajstić information content (AvgIpc) is 2.16. The maximum atomic E-state index is 13.4. The lowest BCUT2D eigenvalue weighted by atomic mass is 10.0. The fourth-order valence-corrected chi connectivity index (χ4v) is 1.12. The molecule has 2 N–H and O–H groups in total. The largest absolute Gasteiger partial charge is 0.321 e. The topological polar surface area (TPSA) is 26.0 Å². The van der Waals surface area contributed by atoms with Crippen molar-refractivity contribution >= 4 is 0 Å². The monoisotopic (exact) mass is 201 g/mol. The predicted molar refractivity (Wildman–Crippen MR) is 48.5 cm³/mol. The second kappa shape index (κ2) is 4.28. The lowest BCUT2D eigenvalue weighted by Gasteiger charge is -2.10. The van der Waals surface area contributed by atoms with Crippen LogP contribution < -0.4 is 5.73 Å². The van der Waals surface area contributed by atoms with Crippen LogP contribution in [0.5, 0.6) is 0 Å². The van der Waals surface area contributed by atoms with Crippen LogP contribution in [0.3, 0.4) is 0 Å². The van der Waals surface area contributed by atoms with Crippen molar-refractivity contribution in [3.63, 3.8) is 0 Å². The molecule has 0 saturated carbocycles. The van der Waals surface area contributed by atoms with Gasteiger partial charge in [-0.2, -0.15) is 0 Å². The van der Waals surface area contributed by atoms with Gasteiger partial charge in [0, 0.05) is 5.56 Å². The van der Waals surface area contributed by atoms with Crippen molar-refractivity contribution in [3.8, 4) is 0 Å². The van der Waals surface area contributed by atoms with E-state index < -0.39 is 23.8 Å². The van der Waals surface area contributed by atoms with Gasteiger partial charge in [-0.05, 0) is 0 Å². The van der Waals surface area contributed by atoms with Crippen LogP contribution in [0, 0.1) is 5.82 Å². The molecule has 0 heterocycles. The maximum Gasteiger partial charge on any atom is 0.266 e. The van der Waals surface area contributed by atoms with Gasteiger partial charge in [-0.1, -0.05) is 24.3 Å². The fraction of sp³-hybridized carbons (Fsp3) is 0.200. The first kappa shape index (κ1) is 10.8. The van der Waals surface area contributed by atoms with Gasteiger partial charge in [0.2, 0.25) is 0 Å². The van der Waals surface area contributed by atoms with Gasteiger partial charge in [0.1, 0.15) is 5.82 Å². The molecule has 0 aliphatic heterocycles. The molecule has 0 aliphatic rings. The molecule has 1 rings (SSSR count).